The molecule has 0 spiro atoms. The molecule has 2 rings (SSSR count). The van der Waals surface area contributed by atoms with Crippen molar-refractivity contribution in [2.75, 3.05) is 12.9 Å². The van der Waals surface area contributed by atoms with Gasteiger partial charge in [-0.25, -0.2) is 8.42 Å². The third kappa shape index (κ3) is 3.83. The Morgan fingerprint density at radius 3 is 1.90 bits per heavy atom. The molecule has 0 amide bonds. The van der Waals surface area contributed by atoms with Gasteiger partial charge in [-0.3, -0.25) is 0 Å². The van der Waals surface area contributed by atoms with Gasteiger partial charge < -0.3 is 10.5 Å². The fraction of sp³-hybridized carbons (Fsp3) is 0.250. The predicted molar refractivity (Wildman–Crippen MR) is 83.2 cm³/mol. The van der Waals surface area contributed by atoms with Crippen molar-refractivity contribution in [1.82, 2.24) is 0 Å². The highest BCUT2D eigenvalue weighted by Crippen LogP contribution is 2.23. The molecule has 0 aliphatic carbocycles. The van der Waals surface area contributed by atoms with E-state index < -0.39 is 9.84 Å². The van der Waals surface area contributed by atoms with E-state index in [-0.39, 0.29) is 6.04 Å². The van der Waals surface area contributed by atoms with Gasteiger partial charge in [0.2, 0.25) is 0 Å². The average molecular weight is 305 g/mol. The van der Waals surface area contributed by atoms with Crippen molar-refractivity contribution in [3.63, 3.8) is 0 Å². The molecule has 0 aromatic heterocycles. The van der Waals surface area contributed by atoms with Gasteiger partial charge in [-0.05, 0) is 42.3 Å². The molecule has 0 aliphatic rings. The Kier molecular flexibility index (Phi) is 4.65. The van der Waals surface area contributed by atoms with Crippen LogP contribution in [0, 0.1) is 0 Å². The van der Waals surface area contributed by atoms with Crippen LogP contribution in [-0.4, -0.2) is 21.3 Å². The van der Waals surface area contributed by atoms with E-state index in [1.54, 1.807) is 24.3 Å². The third-order valence-corrected chi connectivity index (χ3v) is 4.35. The topological polar surface area (TPSA) is 69.4 Å². The molecule has 1 unspecified atom stereocenters. The van der Waals surface area contributed by atoms with Gasteiger partial charge in [0.1, 0.15) is 5.75 Å². The van der Waals surface area contributed by atoms with Crippen LogP contribution < -0.4 is 10.5 Å². The second-order valence-electron chi connectivity index (χ2n) is 4.82. The SMILES string of the molecule is CCOc1ccc(C(N)c2ccc(S(C)(=O)=O)cc2)cc1. The smallest absolute Gasteiger partial charge is 0.175 e. The minimum Gasteiger partial charge on any atom is -0.494 e. The zero-order valence-corrected chi connectivity index (χ0v) is 12.9. The molecule has 0 heterocycles. The van der Waals surface area contributed by atoms with E-state index in [4.69, 9.17) is 10.5 Å². The van der Waals surface area contributed by atoms with Crippen LogP contribution >= 0.6 is 0 Å². The number of benzene rings is 2. The maximum Gasteiger partial charge on any atom is 0.175 e. The maximum atomic E-state index is 11.4. The van der Waals surface area contributed by atoms with Crippen molar-refractivity contribution in [2.45, 2.75) is 17.9 Å². The Morgan fingerprint density at radius 1 is 1.00 bits per heavy atom. The first-order chi connectivity index (χ1) is 9.91. The molecule has 4 nitrogen and oxygen atoms in total. The van der Waals surface area contributed by atoms with Gasteiger partial charge in [-0.1, -0.05) is 24.3 Å². The van der Waals surface area contributed by atoms with Crippen LogP contribution in [0.2, 0.25) is 0 Å². The summed E-state index contributed by atoms with van der Waals surface area (Å²) >= 11 is 0. The average Bonchev–Trinajstić information content (AvgIpc) is 2.47. The fourth-order valence-electron chi connectivity index (χ4n) is 2.05. The van der Waals surface area contributed by atoms with Crippen LogP contribution in [-0.2, 0) is 9.84 Å². The van der Waals surface area contributed by atoms with Crippen molar-refractivity contribution >= 4 is 9.84 Å². The van der Waals surface area contributed by atoms with E-state index in [0.717, 1.165) is 16.9 Å². The normalized spacial score (nSPS) is 12.9. The fourth-order valence-corrected chi connectivity index (χ4v) is 2.68. The lowest BCUT2D eigenvalue weighted by molar-refractivity contribution is 0.340. The van der Waals surface area contributed by atoms with E-state index >= 15 is 0 Å². The molecule has 0 radical (unpaired) electrons. The van der Waals surface area contributed by atoms with Gasteiger partial charge in [0, 0.05) is 6.26 Å². The van der Waals surface area contributed by atoms with Crippen molar-refractivity contribution in [2.24, 2.45) is 5.73 Å². The number of hydrogen-bond donors (Lipinski definition) is 1. The molecular weight excluding hydrogens is 286 g/mol. The second-order valence-corrected chi connectivity index (χ2v) is 6.84. The third-order valence-electron chi connectivity index (χ3n) is 3.22. The van der Waals surface area contributed by atoms with E-state index in [9.17, 15) is 8.42 Å². The summed E-state index contributed by atoms with van der Waals surface area (Å²) in [6.07, 6.45) is 1.19. The summed E-state index contributed by atoms with van der Waals surface area (Å²) in [4.78, 5) is 0.296. The molecule has 2 aromatic carbocycles. The molecule has 0 fully saturated rings. The van der Waals surface area contributed by atoms with E-state index in [1.807, 2.05) is 31.2 Å². The first-order valence-corrected chi connectivity index (χ1v) is 8.59. The molecule has 21 heavy (non-hydrogen) atoms. The first-order valence-electron chi connectivity index (χ1n) is 6.70. The van der Waals surface area contributed by atoms with Gasteiger partial charge in [0.25, 0.3) is 0 Å². The summed E-state index contributed by atoms with van der Waals surface area (Å²) < 4.78 is 28.3. The van der Waals surface area contributed by atoms with Crippen LogP contribution in [0.3, 0.4) is 0 Å². The molecule has 1 atom stereocenters. The number of sulfone groups is 1. The Labute approximate surface area is 125 Å². The Balaban J connectivity index is 2.21. The van der Waals surface area contributed by atoms with Crippen LogP contribution in [0.15, 0.2) is 53.4 Å². The molecule has 112 valence electrons. The number of ether oxygens (including phenoxy) is 1. The molecular formula is C16H19NO3S. The van der Waals surface area contributed by atoms with E-state index in [2.05, 4.69) is 0 Å². The van der Waals surface area contributed by atoms with E-state index in [1.165, 1.54) is 6.26 Å². The summed E-state index contributed by atoms with van der Waals surface area (Å²) in [5.74, 6) is 0.806. The number of hydrogen-bond acceptors (Lipinski definition) is 4. The molecule has 0 saturated heterocycles. The highest BCUT2D eigenvalue weighted by molar-refractivity contribution is 7.90. The number of rotatable bonds is 5. The van der Waals surface area contributed by atoms with Crippen molar-refractivity contribution < 1.29 is 13.2 Å². The maximum absolute atomic E-state index is 11.4. The molecule has 2 N–H and O–H groups in total. The van der Waals surface area contributed by atoms with Gasteiger partial charge in [-0.2, -0.15) is 0 Å². The Bertz CT molecular complexity index is 691. The summed E-state index contributed by atoms with van der Waals surface area (Å²) in [6, 6.07) is 14.0. The highest BCUT2D eigenvalue weighted by Gasteiger charge is 2.11. The molecule has 5 heteroatoms. The number of nitrogens with two attached hydrogens (primary N) is 1. The minimum absolute atomic E-state index is 0.296. The molecule has 2 aromatic rings. The monoisotopic (exact) mass is 305 g/mol. The zero-order chi connectivity index (χ0) is 15.5. The van der Waals surface area contributed by atoms with Gasteiger partial charge in [-0.15, -0.1) is 0 Å². The predicted octanol–water partition coefficient (Wildman–Crippen LogP) is 2.54. The van der Waals surface area contributed by atoms with Crippen molar-refractivity contribution in [3.05, 3.63) is 59.7 Å². The van der Waals surface area contributed by atoms with E-state index in [0.29, 0.717) is 11.5 Å². The largest absolute Gasteiger partial charge is 0.494 e. The lowest BCUT2D eigenvalue weighted by atomic mass is 10.00. The molecule has 0 bridgehead atoms. The minimum atomic E-state index is -3.18. The molecule has 0 aliphatic heterocycles. The molecule has 0 saturated carbocycles. The van der Waals surface area contributed by atoms with Gasteiger partial charge in [0.05, 0.1) is 17.5 Å². The summed E-state index contributed by atoms with van der Waals surface area (Å²) in [5.41, 5.74) is 8.03. The summed E-state index contributed by atoms with van der Waals surface area (Å²) in [5, 5.41) is 0. The van der Waals surface area contributed by atoms with Crippen molar-refractivity contribution in [3.8, 4) is 5.75 Å². The Morgan fingerprint density at radius 2 is 1.48 bits per heavy atom. The zero-order valence-electron chi connectivity index (χ0n) is 12.1. The first kappa shape index (κ1) is 15.5. The van der Waals surface area contributed by atoms with Crippen LogP contribution in [0.5, 0.6) is 5.75 Å². The van der Waals surface area contributed by atoms with Gasteiger partial charge >= 0.3 is 0 Å². The lowest BCUT2D eigenvalue weighted by Crippen LogP contribution is -2.12. The van der Waals surface area contributed by atoms with Crippen LogP contribution in [0.25, 0.3) is 0 Å². The van der Waals surface area contributed by atoms with Gasteiger partial charge in [0.15, 0.2) is 9.84 Å². The summed E-state index contributed by atoms with van der Waals surface area (Å²) in [7, 11) is -3.18. The lowest BCUT2D eigenvalue weighted by Gasteiger charge is -2.14. The Hall–Kier alpha value is -1.85. The summed E-state index contributed by atoms with van der Waals surface area (Å²) in [6.45, 7) is 2.56. The van der Waals surface area contributed by atoms with Crippen molar-refractivity contribution in [1.29, 1.82) is 0 Å². The standard InChI is InChI=1S/C16H19NO3S/c1-3-20-14-8-4-12(5-9-14)16(17)13-6-10-15(11-7-13)21(2,18)19/h4-11,16H,3,17H2,1-2H3. The quantitative estimate of drug-likeness (QED) is 0.921. The highest BCUT2D eigenvalue weighted by atomic mass is 32.2. The second kappa shape index (κ2) is 6.28. The van der Waals surface area contributed by atoms with Crippen LogP contribution in [0.1, 0.15) is 24.1 Å². The van der Waals surface area contributed by atoms with Crippen LogP contribution in [0.4, 0.5) is 0 Å².